The van der Waals surface area contributed by atoms with Crippen LogP contribution < -0.4 is 4.74 Å². The third-order valence-corrected chi connectivity index (χ3v) is 7.03. The van der Waals surface area contributed by atoms with Crippen LogP contribution in [0.2, 0.25) is 0 Å². The van der Waals surface area contributed by atoms with Crippen molar-refractivity contribution in [3.63, 3.8) is 0 Å². The number of amides is 1. The van der Waals surface area contributed by atoms with Gasteiger partial charge in [0, 0.05) is 11.6 Å². The van der Waals surface area contributed by atoms with E-state index in [0.29, 0.717) is 5.56 Å². The van der Waals surface area contributed by atoms with Crippen LogP contribution in [0.3, 0.4) is 0 Å². The monoisotopic (exact) mass is 447 g/mol. The normalized spacial score (nSPS) is 20.8. The molecule has 2 aliphatic rings. The molecule has 0 aromatic heterocycles. The topological polar surface area (TPSA) is 66.8 Å². The molecular formula is C28H33NO4. The summed E-state index contributed by atoms with van der Waals surface area (Å²) in [6.07, 6.45) is 4.77. The van der Waals surface area contributed by atoms with E-state index in [1.807, 2.05) is 36.4 Å². The minimum Gasteiger partial charge on any atom is -0.507 e. The standard InChI is InChI=1S/C28H33NO4/c1-5-18-10-12-19(13-11-18)25-24(27(31)28(32)29(25)21-8-6-7-9-21)26(30)20-14-15-23(33-4)22(16-20)17(2)3/h10-17,21,25,30H,5-9H2,1-4H3/b26-24-. The number of carbonyl (C=O) groups is 2. The third-order valence-electron chi connectivity index (χ3n) is 7.03. The summed E-state index contributed by atoms with van der Waals surface area (Å²) in [5.41, 5.74) is 3.69. The molecule has 5 heteroatoms. The lowest BCUT2D eigenvalue weighted by Gasteiger charge is -2.31. The fourth-order valence-electron chi connectivity index (χ4n) is 5.16. The van der Waals surface area contributed by atoms with Crippen molar-refractivity contribution >= 4 is 17.4 Å². The van der Waals surface area contributed by atoms with Crippen LogP contribution in [0.4, 0.5) is 0 Å². The van der Waals surface area contributed by atoms with Crippen molar-refractivity contribution in [1.82, 2.24) is 4.90 Å². The summed E-state index contributed by atoms with van der Waals surface area (Å²) in [5.74, 6) is -0.329. The number of aliphatic hydroxyl groups excluding tert-OH is 1. The van der Waals surface area contributed by atoms with Gasteiger partial charge >= 0.3 is 0 Å². The predicted octanol–water partition coefficient (Wildman–Crippen LogP) is 5.75. The van der Waals surface area contributed by atoms with Crippen LogP contribution in [0.5, 0.6) is 5.75 Å². The first kappa shape index (κ1) is 23.1. The van der Waals surface area contributed by atoms with Crippen molar-refractivity contribution in [3.8, 4) is 5.75 Å². The number of ketones is 1. The van der Waals surface area contributed by atoms with Crippen molar-refractivity contribution in [3.05, 3.63) is 70.3 Å². The zero-order valence-corrected chi connectivity index (χ0v) is 19.9. The van der Waals surface area contributed by atoms with Crippen LogP contribution in [0.15, 0.2) is 48.0 Å². The number of rotatable bonds is 6. The van der Waals surface area contributed by atoms with E-state index >= 15 is 0 Å². The third kappa shape index (κ3) is 4.17. The molecular weight excluding hydrogens is 414 g/mol. The highest BCUT2D eigenvalue weighted by Gasteiger charge is 2.49. The molecule has 5 nitrogen and oxygen atoms in total. The summed E-state index contributed by atoms with van der Waals surface area (Å²) >= 11 is 0. The van der Waals surface area contributed by atoms with E-state index in [1.54, 1.807) is 18.1 Å². The second-order valence-electron chi connectivity index (χ2n) is 9.35. The number of aliphatic hydroxyl groups is 1. The highest BCUT2D eigenvalue weighted by atomic mass is 16.5. The molecule has 0 radical (unpaired) electrons. The number of benzene rings is 2. The number of ether oxygens (including phenoxy) is 1. The number of carbonyl (C=O) groups excluding carboxylic acids is 2. The summed E-state index contributed by atoms with van der Waals surface area (Å²) in [4.78, 5) is 28.3. The molecule has 1 heterocycles. The van der Waals surface area contributed by atoms with E-state index < -0.39 is 17.7 Å². The van der Waals surface area contributed by atoms with Gasteiger partial charge in [0.2, 0.25) is 0 Å². The van der Waals surface area contributed by atoms with Crippen LogP contribution in [-0.4, -0.2) is 34.8 Å². The van der Waals surface area contributed by atoms with Crippen LogP contribution in [0.25, 0.3) is 5.76 Å². The summed E-state index contributed by atoms with van der Waals surface area (Å²) in [7, 11) is 1.62. The number of hydrogen-bond acceptors (Lipinski definition) is 4. The van der Waals surface area contributed by atoms with E-state index in [9.17, 15) is 14.7 Å². The van der Waals surface area contributed by atoms with Gasteiger partial charge in [-0.3, -0.25) is 9.59 Å². The van der Waals surface area contributed by atoms with Crippen molar-refractivity contribution in [2.75, 3.05) is 7.11 Å². The van der Waals surface area contributed by atoms with Gasteiger partial charge in [-0.05, 0) is 60.1 Å². The average Bonchev–Trinajstić information content (AvgIpc) is 3.45. The molecule has 2 aromatic rings. The Morgan fingerprint density at radius 2 is 1.76 bits per heavy atom. The number of methoxy groups -OCH3 is 1. The Morgan fingerprint density at radius 3 is 2.33 bits per heavy atom. The molecule has 1 amide bonds. The van der Waals surface area contributed by atoms with Crippen molar-refractivity contribution in [2.45, 2.75) is 70.9 Å². The minimum absolute atomic E-state index is 0.0182. The molecule has 4 rings (SSSR count). The molecule has 1 unspecified atom stereocenters. The maximum absolute atomic E-state index is 13.3. The van der Waals surface area contributed by atoms with Gasteiger partial charge in [-0.15, -0.1) is 0 Å². The Labute approximate surface area is 196 Å². The Morgan fingerprint density at radius 1 is 1.09 bits per heavy atom. The lowest BCUT2D eigenvalue weighted by Crippen LogP contribution is -2.37. The van der Waals surface area contributed by atoms with Crippen LogP contribution in [-0.2, 0) is 16.0 Å². The van der Waals surface area contributed by atoms with Crippen molar-refractivity contribution in [2.24, 2.45) is 0 Å². The molecule has 1 N–H and O–H groups in total. The molecule has 1 aliphatic carbocycles. The molecule has 2 aromatic carbocycles. The Balaban J connectivity index is 1.88. The van der Waals surface area contributed by atoms with Gasteiger partial charge in [0.1, 0.15) is 11.5 Å². The zero-order chi connectivity index (χ0) is 23.7. The largest absolute Gasteiger partial charge is 0.507 e. The van der Waals surface area contributed by atoms with Crippen LogP contribution >= 0.6 is 0 Å². The van der Waals surface area contributed by atoms with E-state index in [2.05, 4.69) is 20.8 Å². The average molecular weight is 448 g/mol. The highest BCUT2D eigenvalue weighted by molar-refractivity contribution is 6.46. The number of nitrogens with zero attached hydrogens (tertiary/aromatic N) is 1. The molecule has 2 fully saturated rings. The van der Waals surface area contributed by atoms with Gasteiger partial charge in [0.05, 0.1) is 18.7 Å². The number of aryl methyl sites for hydroxylation is 1. The van der Waals surface area contributed by atoms with Gasteiger partial charge in [-0.25, -0.2) is 0 Å². The number of Topliss-reactive ketones (excluding diaryl/α,β-unsaturated/α-hetero) is 1. The Kier molecular flexibility index (Phi) is 6.59. The Hall–Kier alpha value is -3.08. The van der Waals surface area contributed by atoms with Crippen LogP contribution in [0, 0.1) is 0 Å². The molecule has 1 atom stereocenters. The first-order valence-electron chi connectivity index (χ1n) is 11.9. The van der Waals surface area contributed by atoms with Gasteiger partial charge in [-0.2, -0.15) is 0 Å². The van der Waals surface area contributed by atoms with Crippen LogP contribution in [0.1, 0.15) is 80.7 Å². The van der Waals surface area contributed by atoms with Gasteiger partial charge < -0.3 is 14.7 Å². The zero-order valence-electron chi connectivity index (χ0n) is 19.9. The second-order valence-corrected chi connectivity index (χ2v) is 9.35. The van der Waals surface area contributed by atoms with Gasteiger partial charge in [-0.1, -0.05) is 57.9 Å². The first-order valence-corrected chi connectivity index (χ1v) is 11.9. The summed E-state index contributed by atoms with van der Waals surface area (Å²) < 4.78 is 5.47. The fraction of sp³-hybridized carbons (Fsp3) is 0.429. The smallest absolute Gasteiger partial charge is 0.295 e. The van der Waals surface area contributed by atoms with Crippen molar-refractivity contribution < 1.29 is 19.4 Å². The van der Waals surface area contributed by atoms with Crippen molar-refractivity contribution in [1.29, 1.82) is 0 Å². The number of likely N-dealkylation sites (tertiary alicyclic amines) is 1. The first-order chi connectivity index (χ1) is 15.9. The number of hydrogen-bond donors (Lipinski definition) is 1. The van der Waals surface area contributed by atoms with E-state index in [4.69, 9.17) is 4.74 Å². The predicted molar refractivity (Wildman–Crippen MR) is 129 cm³/mol. The molecule has 33 heavy (non-hydrogen) atoms. The molecule has 0 spiro atoms. The lowest BCUT2D eigenvalue weighted by atomic mass is 9.92. The summed E-state index contributed by atoms with van der Waals surface area (Å²) in [6.45, 7) is 6.20. The van der Waals surface area contributed by atoms with Gasteiger partial charge in [0.25, 0.3) is 11.7 Å². The molecule has 1 saturated carbocycles. The molecule has 174 valence electrons. The Bertz CT molecular complexity index is 1080. The minimum atomic E-state index is -0.606. The molecule has 0 bridgehead atoms. The lowest BCUT2D eigenvalue weighted by molar-refractivity contribution is -0.141. The second kappa shape index (κ2) is 9.42. The maximum atomic E-state index is 13.3. The fourth-order valence-corrected chi connectivity index (χ4v) is 5.16. The molecule has 1 aliphatic heterocycles. The quantitative estimate of drug-likeness (QED) is 0.348. The van der Waals surface area contributed by atoms with E-state index in [-0.39, 0.29) is 23.3 Å². The van der Waals surface area contributed by atoms with E-state index in [1.165, 1.54) is 5.56 Å². The SMILES string of the molecule is CCc1ccc(C2/C(=C(/O)c3ccc(OC)c(C(C)C)c3)C(=O)C(=O)N2C2CCCC2)cc1. The summed E-state index contributed by atoms with van der Waals surface area (Å²) in [6, 6.07) is 12.9. The van der Waals surface area contributed by atoms with Gasteiger partial charge in [0.15, 0.2) is 0 Å². The molecule has 1 saturated heterocycles. The highest BCUT2D eigenvalue weighted by Crippen LogP contribution is 2.44. The summed E-state index contributed by atoms with van der Waals surface area (Å²) in [5, 5.41) is 11.4. The maximum Gasteiger partial charge on any atom is 0.295 e. The van der Waals surface area contributed by atoms with E-state index in [0.717, 1.165) is 49.0 Å².